The van der Waals surface area contributed by atoms with E-state index in [0.29, 0.717) is 17.0 Å². The number of nitrogens with one attached hydrogen (secondary N) is 3. The molecule has 176 valence electrons. The predicted molar refractivity (Wildman–Crippen MR) is 120 cm³/mol. The first-order chi connectivity index (χ1) is 15.5. The molecular weight excluding hydrogens is 432 g/mol. The predicted octanol–water partition coefficient (Wildman–Crippen LogP) is 2.35. The third kappa shape index (κ3) is 11.0. The third-order valence-corrected chi connectivity index (χ3v) is 3.52. The molecule has 11 nitrogen and oxygen atoms in total. The number of amides is 3. The number of carboxylic acids is 1. The van der Waals surface area contributed by atoms with E-state index in [9.17, 15) is 14.4 Å². The zero-order chi connectivity index (χ0) is 25.0. The minimum atomic E-state index is -0.833. The average Bonchev–Trinajstić information content (AvgIpc) is 2.72. The number of nitrogens with two attached hydrogens (primary N) is 1. The lowest BCUT2D eigenvalue weighted by atomic mass is 10.1. The standard InChI is InChI=1S/C20H22N4O5.C2H4O2/c1-12(2)29-17(25)11-28-16-9-7-15(8-10-16)23-20(27)24-19(26)14-5-3-13(4-6-14)18(21)22;1-2(3)4/h3-10,12H,11H2,1-2H3,(H3,21,22)(H2,23,24,26,27);1H3,(H,3,4). The molecule has 0 bridgehead atoms. The van der Waals surface area contributed by atoms with Gasteiger partial charge in [-0.2, -0.15) is 0 Å². The Balaban J connectivity index is 0.00000125. The van der Waals surface area contributed by atoms with E-state index in [2.05, 4.69) is 10.6 Å². The van der Waals surface area contributed by atoms with E-state index in [1.165, 1.54) is 24.3 Å². The first-order valence-corrected chi connectivity index (χ1v) is 9.66. The average molecular weight is 458 g/mol. The van der Waals surface area contributed by atoms with Crippen molar-refractivity contribution in [3.63, 3.8) is 0 Å². The monoisotopic (exact) mass is 458 g/mol. The molecule has 0 aromatic heterocycles. The molecular formula is C22H26N4O7. The molecule has 0 saturated carbocycles. The van der Waals surface area contributed by atoms with Crippen LogP contribution >= 0.6 is 0 Å². The Kier molecular flexibility index (Phi) is 10.6. The van der Waals surface area contributed by atoms with Crippen LogP contribution in [0.4, 0.5) is 10.5 Å². The van der Waals surface area contributed by atoms with Gasteiger partial charge >= 0.3 is 12.0 Å². The van der Waals surface area contributed by atoms with Gasteiger partial charge in [0.2, 0.25) is 0 Å². The van der Waals surface area contributed by atoms with Gasteiger partial charge in [-0.3, -0.25) is 20.3 Å². The topological polar surface area (TPSA) is 181 Å². The van der Waals surface area contributed by atoms with Crippen molar-refractivity contribution in [2.75, 3.05) is 11.9 Å². The highest BCUT2D eigenvalue weighted by Crippen LogP contribution is 2.15. The maximum absolute atomic E-state index is 12.1. The summed E-state index contributed by atoms with van der Waals surface area (Å²) in [5, 5.41) is 19.5. The maximum Gasteiger partial charge on any atom is 0.344 e. The number of benzene rings is 2. The van der Waals surface area contributed by atoms with E-state index in [1.807, 2.05) is 0 Å². The van der Waals surface area contributed by atoms with Gasteiger partial charge in [0.05, 0.1) is 6.10 Å². The van der Waals surface area contributed by atoms with Gasteiger partial charge in [0, 0.05) is 23.7 Å². The number of carbonyl (C=O) groups is 4. The summed E-state index contributed by atoms with van der Waals surface area (Å²) >= 11 is 0. The summed E-state index contributed by atoms with van der Waals surface area (Å²) in [6.45, 7) is 4.35. The lowest BCUT2D eigenvalue weighted by Gasteiger charge is -2.10. The van der Waals surface area contributed by atoms with Crippen LogP contribution in [0.5, 0.6) is 5.75 Å². The second-order valence-electron chi connectivity index (χ2n) is 6.77. The highest BCUT2D eigenvalue weighted by Gasteiger charge is 2.11. The number of rotatable bonds is 7. The second-order valence-corrected chi connectivity index (χ2v) is 6.77. The second kappa shape index (κ2) is 13.1. The van der Waals surface area contributed by atoms with Gasteiger partial charge in [-0.25, -0.2) is 9.59 Å². The highest BCUT2D eigenvalue weighted by molar-refractivity contribution is 6.08. The quantitative estimate of drug-likeness (QED) is 0.238. The number of hydrogen-bond acceptors (Lipinski definition) is 7. The van der Waals surface area contributed by atoms with Crippen LogP contribution in [-0.2, 0) is 14.3 Å². The van der Waals surface area contributed by atoms with Crippen LogP contribution in [0.3, 0.4) is 0 Å². The van der Waals surface area contributed by atoms with Gasteiger partial charge in [0.15, 0.2) is 6.61 Å². The summed E-state index contributed by atoms with van der Waals surface area (Å²) in [4.78, 5) is 44.5. The summed E-state index contributed by atoms with van der Waals surface area (Å²) in [5.41, 5.74) is 6.52. The van der Waals surface area contributed by atoms with Gasteiger partial charge in [-0.15, -0.1) is 0 Å². The van der Waals surface area contributed by atoms with Gasteiger partial charge < -0.3 is 25.6 Å². The molecule has 2 aromatic rings. The number of urea groups is 1. The lowest BCUT2D eigenvalue weighted by molar-refractivity contribution is -0.149. The van der Waals surface area contributed by atoms with Crippen LogP contribution < -0.4 is 21.1 Å². The molecule has 2 rings (SSSR count). The fraction of sp³-hybridized carbons (Fsp3) is 0.227. The summed E-state index contributed by atoms with van der Waals surface area (Å²) < 4.78 is 10.3. The summed E-state index contributed by atoms with van der Waals surface area (Å²) in [7, 11) is 0. The first kappa shape index (κ1) is 26.6. The lowest BCUT2D eigenvalue weighted by Crippen LogP contribution is -2.34. The smallest absolute Gasteiger partial charge is 0.344 e. The summed E-state index contributed by atoms with van der Waals surface area (Å²) in [5.74, 6) is -1.59. The molecule has 11 heteroatoms. The number of carboxylic acid groups (broad SMARTS) is 1. The van der Waals surface area contributed by atoms with E-state index in [-0.39, 0.29) is 24.1 Å². The number of carbonyl (C=O) groups excluding carboxylic acids is 3. The summed E-state index contributed by atoms with van der Waals surface area (Å²) in [6.07, 6.45) is -0.217. The van der Waals surface area contributed by atoms with Gasteiger partial charge in [0.1, 0.15) is 11.6 Å². The molecule has 0 heterocycles. The van der Waals surface area contributed by atoms with Crippen LogP contribution in [-0.4, -0.2) is 47.5 Å². The molecule has 0 unspecified atom stereocenters. The van der Waals surface area contributed by atoms with Crippen LogP contribution in [0.15, 0.2) is 48.5 Å². The molecule has 33 heavy (non-hydrogen) atoms. The number of anilines is 1. The molecule has 0 aliphatic rings. The van der Waals surface area contributed by atoms with Crippen molar-refractivity contribution in [1.29, 1.82) is 5.41 Å². The minimum absolute atomic E-state index is 0.112. The van der Waals surface area contributed by atoms with Crippen LogP contribution in [0, 0.1) is 5.41 Å². The van der Waals surface area contributed by atoms with Crippen molar-refractivity contribution in [2.24, 2.45) is 5.73 Å². The number of hydrogen-bond donors (Lipinski definition) is 5. The molecule has 2 aromatic carbocycles. The Bertz CT molecular complexity index is 983. The van der Waals surface area contributed by atoms with Crippen molar-refractivity contribution >= 4 is 35.4 Å². The molecule has 0 aliphatic heterocycles. The third-order valence-electron chi connectivity index (χ3n) is 3.52. The zero-order valence-electron chi connectivity index (χ0n) is 18.4. The molecule has 0 atom stereocenters. The first-order valence-electron chi connectivity index (χ1n) is 9.66. The van der Waals surface area contributed by atoms with Gasteiger partial charge in [-0.1, -0.05) is 12.1 Å². The number of esters is 1. The largest absolute Gasteiger partial charge is 0.482 e. The molecule has 0 fully saturated rings. The van der Waals surface area contributed by atoms with E-state index < -0.39 is 23.9 Å². The number of imide groups is 1. The number of ether oxygens (including phenoxy) is 2. The molecule has 0 radical (unpaired) electrons. The zero-order valence-corrected chi connectivity index (χ0v) is 18.4. The van der Waals surface area contributed by atoms with Crippen molar-refractivity contribution in [1.82, 2.24) is 5.32 Å². The molecule has 0 spiro atoms. The minimum Gasteiger partial charge on any atom is -0.482 e. The highest BCUT2D eigenvalue weighted by atomic mass is 16.6. The van der Waals surface area contributed by atoms with Crippen LogP contribution in [0.25, 0.3) is 0 Å². The van der Waals surface area contributed by atoms with E-state index in [1.54, 1.807) is 38.1 Å². The molecule has 3 amide bonds. The maximum atomic E-state index is 12.1. The SMILES string of the molecule is CC(=O)O.CC(C)OC(=O)COc1ccc(NC(=O)NC(=O)c2ccc(C(=N)N)cc2)cc1. The number of aliphatic carboxylic acids is 1. The Morgan fingerprint density at radius 3 is 2.00 bits per heavy atom. The van der Waals surface area contributed by atoms with Crippen molar-refractivity contribution < 1.29 is 33.8 Å². The fourth-order valence-electron chi connectivity index (χ4n) is 2.21. The Hall–Kier alpha value is -4.41. The molecule has 0 saturated heterocycles. The number of nitrogen functional groups attached to an aromatic ring is 1. The van der Waals surface area contributed by atoms with E-state index in [4.69, 9.17) is 30.5 Å². The molecule has 0 aliphatic carbocycles. The Labute approximate surface area is 190 Å². The van der Waals surface area contributed by atoms with E-state index in [0.717, 1.165) is 6.92 Å². The number of amidine groups is 1. The van der Waals surface area contributed by atoms with Crippen LogP contribution in [0.1, 0.15) is 36.7 Å². The van der Waals surface area contributed by atoms with Crippen molar-refractivity contribution in [3.05, 3.63) is 59.7 Å². The van der Waals surface area contributed by atoms with Crippen molar-refractivity contribution in [2.45, 2.75) is 26.9 Å². The Morgan fingerprint density at radius 1 is 1.00 bits per heavy atom. The summed E-state index contributed by atoms with van der Waals surface area (Å²) in [6, 6.07) is 11.5. The van der Waals surface area contributed by atoms with Crippen molar-refractivity contribution in [3.8, 4) is 5.75 Å². The van der Waals surface area contributed by atoms with Gasteiger partial charge in [-0.05, 0) is 50.2 Å². The normalized spacial score (nSPS) is 9.70. The van der Waals surface area contributed by atoms with Crippen LogP contribution in [0.2, 0.25) is 0 Å². The molecule has 6 N–H and O–H groups in total. The van der Waals surface area contributed by atoms with Gasteiger partial charge in [0.25, 0.3) is 11.9 Å². The van der Waals surface area contributed by atoms with E-state index >= 15 is 0 Å². The fourth-order valence-corrected chi connectivity index (χ4v) is 2.21. The Morgan fingerprint density at radius 2 is 1.52 bits per heavy atom.